The number of hydrogen-bond donors (Lipinski definition) is 0. The van der Waals surface area contributed by atoms with Gasteiger partial charge >= 0.3 is 0 Å². The van der Waals surface area contributed by atoms with E-state index in [0.717, 1.165) is 0 Å². The number of hydrogen-bond acceptors (Lipinski definition) is 2. The van der Waals surface area contributed by atoms with Crippen LogP contribution in [0.5, 0.6) is 0 Å². The summed E-state index contributed by atoms with van der Waals surface area (Å²) in [6.45, 7) is 10.5. The highest BCUT2D eigenvalue weighted by Crippen LogP contribution is 1.99. The molecule has 0 saturated heterocycles. The van der Waals surface area contributed by atoms with Gasteiger partial charge in [-0.25, -0.2) is 0 Å². The third-order valence-electron chi connectivity index (χ3n) is 1.47. The maximum Gasteiger partial charge on any atom is 0.286 e. The van der Waals surface area contributed by atoms with Crippen LogP contribution in [0.15, 0.2) is 19.0 Å². The second kappa shape index (κ2) is 3.05. The van der Waals surface area contributed by atoms with E-state index in [4.69, 9.17) is 0 Å². The summed E-state index contributed by atoms with van der Waals surface area (Å²) in [6.07, 6.45) is 3.50. The van der Waals surface area contributed by atoms with E-state index in [1.165, 1.54) is 0 Å². The first-order valence-corrected chi connectivity index (χ1v) is 3.97. The van der Waals surface area contributed by atoms with Crippen molar-refractivity contribution in [2.45, 2.75) is 32.9 Å². The molecule has 0 aromatic carbocycles. The maximum atomic E-state index is 4.22. The second-order valence-corrected chi connectivity index (χ2v) is 3.68. The van der Waals surface area contributed by atoms with Crippen LogP contribution in [-0.2, 0) is 12.1 Å². The fourth-order valence-electron chi connectivity index (χ4n) is 0.772. The predicted octanol–water partition coefficient (Wildman–Crippen LogP) is 0.507. The van der Waals surface area contributed by atoms with Crippen molar-refractivity contribution >= 4 is 0 Å². The Morgan fingerprint density at radius 1 is 1.58 bits per heavy atom. The van der Waals surface area contributed by atoms with Gasteiger partial charge in [-0.1, -0.05) is 12.7 Å². The van der Waals surface area contributed by atoms with Gasteiger partial charge in [-0.3, -0.25) is 0 Å². The first-order valence-electron chi connectivity index (χ1n) is 3.97. The highest BCUT2D eigenvalue weighted by molar-refractivity contribution is 4.62. The van der Waals surface area contributed by atoms with Gasteiger partial charge in [0.25, 0.3) is 6.33 Å². The first kappa shape index (κ1) is 8.90. The molecule has 4 heteroatoms. The van der Waals surface area contributed by atoms with Gasteiger partial charge < -0.3 is 0 Å². The summed E-state index contributed by atoms with van der Waals surface area (Å²) in [5.41, 5.74) is -0.000575. The van der Waals surface area contributed by atoms with Crippen LogP contribution < -0.4 is 4.68 Å². The zero-order valence-electron chi connectivity index (χ0n) is 7.86. The summed E-state index contributed by atoms with van der Waals surface area (Å²) in [7, 11) is 0. The smallest absolute Gasteiger partial charge is 0.134 e. The molecule has 0 radical (unpaired) electrons. The fraction of sp³-hybridized carbons (Fsp3) is 0.625. The van der Waals surface area contributed by atoms with Gasteiger partial charge in [-0.05, 0) is 25.6 Å². The molecule has 0 spiro atoms. The van der Waals surface area contributed by atoms with E-state index in [1.54, 1.807) is 17.2 Å². The molecular formula is C8H15N4+. The highest BCUT2D eigenvalue weighted by Gasteiger charge is 2.20. The Morgan fingerprint density at radius 3 is 2.67 bits per heavy atom. The van der Waals surface area contributed by atoms with E-state index < -0.39 is 0 Å². The van der Waals surface area contributed by atoms with Crippen LogP contribution in [0.1, 0.15) is 20.8 Å². The third kappa shape index (κ3) is 1.90. The molecule has 0 bridgehead atoms. The number of allylic oxidation sites excluding steroid dienone is 1. The average molecular weight is 167 g/mol. The molecule has 0 aliphatic rings. The van der Waals surface area contributed by atoms with Crippen molar-refractivity contribution in [3.05, 3.63) is 19.0 Å². The van der Waals surface area contributed by atoms with Crippen molar-refractivity contribution in [1.29, 1.82) is 0 Å². The summed E-state index contributed by atoms with van der Waals surface area (Å²) >= 11 is 0. The summed E-state index contributed by atoms with van der Waals surface area (Å²) in [6, 6.07) is 0. The first-order chi connectivity index (χ1) is 5.54. The Labute approximate surface area is 72.5 Å². The van der Waals surface area contributed by atoms with E-state index in [2.05, 4.69) is 37.7 Å². The quantitative estimate of drug-likeness (QED) is 0.475. The van der Waals surface area contributed by atoms with E-state index in [-0.39, 0.29) is 5.54 Å². The Bertz CT molecular complexity index is 269. The lowest BCUT2D eigenvalue weighted by atomic mass is 10.1. The summed E-state index contributed by atoms with van der Waals surface area (Å²) in [5, 5.41) is 8.29. The second-order valence-electron chi connectivity index (χ2n) is 3.68. The summed E-state index contributed by atoms with van der Waals surface area (Å²) in [5.74, 6) is 0. The fourth-order valence-corrected chi connectivity index (χ4v) is 0.772. The normalized spacial score (nSPS) is 11.6. The van der Waals surface area contributed by atoms with Crippen LogP contribution in [0.2, 0.25) is 0 Å². The molecule has 0 fully saturated rings. The molecule has 12 heavy (non-hydrogen) atoms. The minimum atomic E-state index is -0.000575. The van der Waals surface area contributed by atoms with Gasteiger partial charge in [0.2, 0.25) is 0 Å². The lowest BCUT2D eigenvalue weighted by molar-refractivity contribution is -0.807. The minimum Gasteiger partial charge on any atom is -0.134 e. The van der Waals surface area contributed by atoms with Crippen molar-refractivity contribution in [2.75, 3.05) is 0 Å². The summed E-state index contributed by atoms with van der Waals surface area (Å²) in [4.78, 5) is 1.61. The number of aromatic nitrogens is 4. The third-order valence-corrected chi connectivity index (χ3v) is 1.47. The Balaban J connectivity index is 2.84. The number of tetrazole rings is 1. The molecule has 0 N–H and O–H groups in total. The number of rotatable bonds is 2. The molecule has 0 aliphatic carbocycles. The predicted molar refractivity (Wildman–Crippen MR) is 45.4 cm³/mol. The van der Waals surface area contributed by atoms with Gasteiger partial charge in [-0.2, -0.15) is 0 Å². The lowest BCUT2D eigenvalue weighted by Gasteiger charge is -2.10. The molecule has 1 heterocycles. The molecular weight excluding hydrogens is 152 g/mol. The SMILES string of the molecule is C=CCn1nc[n+](C(C)(C)C)n1. The van der Waals surface area contributed by atoms with Crippen molar-refractivity contribution in [1.82, 2.24) is 15.1 Å². The Hall–Kier alpha value is -1.19. The minimum absolute atomic E-state index is 0.000575. The molecule has 1 aromatic heterocycles. The van der Waals surface area contributed by atoms with Crippen LogP contribution in [0.25, 0.3) is 0 Å². The molecule has 0 unspecified atom stereocenters. The number of nitrogens with zero attached hydrogens (tertiary/aromatic N) is 4. The van der Waals surface area contributed by atoms with Crippen LogP contribution >= 0.6 is 0 Å². The monoisotopic (exact) mass is 167 g/mol. The maximum absolute atomic E-state index is 4.22. The molecule has 1 rings (SSSR count). The zero-order chi connectivity index (χ0) is 9.19. The largest absolute Gasteiger partial charge is 0.286 e. The molecule has 1 aromatic rings. The van der Waals surface area contributed by atoms with Crippen LogP contribution in [0.4, 0.5) is 0 Å². The van der Waals surface area contributed by atoms with Gasteiger partial charge in [0.05, 0.1) is 10.3 Å². The van der Waals surface area contributed by atoms with E-state index in [0.29, 0.717) is 6.54 Å². The van der Waals surface area contributed by atoms with E-state index in [9.17, 15) is 0 Å². The molecule has 0 amide bonds. The topological polar surface area (TPSA) is 34.6 Å². The highest BCUT2D eigenvalue weighted by atomic mass is 15.6. The van der Waals surface area contributed by atoms with Crippen molar-refractivity contribution in [3.8, 4) is 0 Å². The molecule has 4 nitrogen and oxygen atoms in total. The molecule has 0 aliphatic heterocycles. The van der Waals surface area contributed by atoms with Gasteiger partial charge in [0.15, 0.2) is 0 Å². The Morgan fingerprint density at radius 2 is 2.25 bits per heavy atom. The van der Waals surface area contributed by atoms with Crippen molar-refractivity contribution in [3.63, 3.8) is 0 Å². The van der Waals surface area contributed by atoms with Crippen LogP contribution in [0.3, 0.4) is 0 Å². The standard InChI is InChI=1S/C8H15N4/c1-5-6-12-9-7-11(10-12)8(2,3)4/h5,7H,1,6H2,2-4H3/q+1. The van der Waals surface area contributed by atoms with Gasteiger partial charge in [-0.15, -0.1) is 4.68 Å². The van der Waals surface area contributed by atoms with Crippen molar-refractivity contribution in [2.24, 2.45) is 0 Å². The molecule has 0 atom stereocenters. The summed E-state index contributed by atoms with van der Waals surface area (Å²) < 4.78 is 1.83. The molecule has 66 valence electrons. The van der Waals surface area contributed by atoms with Crippen molar-refractivity contribution < 1.29 is 4.68 Å². The molecule has 0 saturated carbocycles. The van der Waals surface area contributed by atoms with Crippen LogP contribution in [0, 0.1) is 0 Å². The lowest BCUT2D eigenvalue weighted by Crippen LogP contribution is -2.51. The average Bonchev–Trinajstić information content (AvgIpc) is 2.35. The van der Waals surface area contributed by atoms with Crippen LogP contribution in [-0.4, -0.2) is 15.1 Å². The van der Waals surface area contributed by atoms with E-state index in [1.807, 2.05) is 4.68 Å². The van der Waals surface area contributed by atoms with E-state index >= 15 is 0 Å². The zero-order valence-corrected chi connectivity index (χ0v) is 7.86. The Kier molecular flexibility index (Phi) is 2.26. The van der Waals surface area contributed by atoms with Gasteiger partial charge in [0, 0.05) is 0 Å². The van der Waals surface area contributed by atoms with Gasteiger partial charge in [0.1, 0.15) is 12.1 Å².